The van der Waals surface area contributed by atoms with Gasteiger partial charge in [-0.2, -0.15) is 0 Å². The van der Waals surface area contributed by atoms with Crippen LogP contribution in [0.4, 0.5) is 0 Å². The van der Waals surface area contributed by atoms with Gasteiger partial charge in [-0.15, -0.1) is 0 Å². The topological polar surface area (TPSA) is 0 Å². The van der Waals surface area contributed by atoms with Crippen LogP contribution in [0.3, 0.4) is 0 Å². The molecule has 0 saturated heterocycles. The van der Waals surface area contributed by atoms with E-state index in [2.05, 4.69) is 35.9 Å². The summed E-state index contributed by atoms with van der Waals surface area (Å²) in [4.78, 5) is 0. The Kier molecular flexibility index (Phi) is 4.07. The Labute approximate surface area is 83.9 Å². The molecular formula is C11H16Br. The van der Waals surface area contributed by atoms with Crippen molar-refractivity contribution in [1.29, 1.82) is 0 Å². The lowest BCUT2D eigenvalue weighted by Gasteiger charge is -2.06. The number of hydrogen-bond donors (Lipinski definition) is 0. The van der Waals surface area contributed by atoms with Crippen LogP contribution in [0, 0.1) is 6.08 Å². The number of hydrogen-bond acceptors (Lipinski definition) is 0. The van der Waals surface area contributed by atoms with Crippen LogP contribution in [-0.4, -0.2) is 0 Å². The lowest BCUT2D eigenvalue weighted by Crippen LogP contribution is -1.87. The first-order valence-electron chi connectivity index (χ1n) is 4.77. The van der Waals surface area contributed by atoms with Crippen molar-refractivity contribution in [2.24, 2.45) is 0 Å². The summed E-state index contributed by atoms with van der Waals surface area (Å²) in [6.45, 7) is 4.46. The van der Waals surface area contributed by atoms with Gasteiger partial charge in [0.1, 0.15) is 0 Å². The van der Waals surface area contributed by atoms with Gasteiger partial charge in [-0.05, 0) is 30.1 Å². The van der Waals surface area contributed by atoms with Crippen LogP contribution in [0.1, 0.15) is 46.0 Å². The minimum Gasteiger partial charge on any atom is -0.0651 e. The summed E-state index contributed by atoms with van der Waals surface area (Å²) in [6, 6.07) is 0. The van der Waals surface area contributed by atoms with Gasteiger partial charge < -0.3 is 0 Å². The molecular weight excluding hydrogens is 212 g/mol. The standard InChI is InChI=1S/C11H16Br/c1-3-5-9-7-8-11(12)10(9)6-4-2/h3-6,8H2,1-2H3. The van der Waals surface area contributed by atoms with Gasteiger partial charge in [0, 0.05) is 10.9 Å². The third kappa shape index (κ3) is 2.22. The number of halogens is 1. The Morgan fingerprint density at radius 3 is 2.50 bits per heavy atom. The Bertz CT molecular complexity index is 211. The summed E-state index contributed by atoms with van der Waals surface area (Å²) >= 11 is 3.61. The van der Waals surface area contributed by atoms with E-state index in [0.717, 1.165) is 6.42 Å². The van der Waals surface area contributed by atoms with Crippen LogP contribution >= 0.6 is 15.9 Å². The molecule has 1 heteroatoms. The molecule has 1 aliphatic rings. The molecule has 12 heavy (non-hydrogen) atoms. The van der Waals surface area contributed by atoms with E-state index >= 15 is 0 Å². The molecule has 0 nitrogen and oxygen atoms in total. The third-order valence-electron chi connectivity index (χ3n) is 2.15. The van der Waals surface area contributed by atoms with E-state index in [1.165, 1.54) is 41.3 Å². The van der Waals surface area contributed by atoms with Gasteiger partial charge in [0.15, 0.2) is 0 Å². The van der Waals surface area contributed by atoms with Crippen LogP contribution in [-0.2, 0) is 0 Å². The lowest BCUT2D eigenvalue weighted by molar-refractivity contribution is 0.856. The van der Waals surface area contributed by atoms with Gasteiger partial charge in [0.2, 0.25) is 0 Å². The van der Waals surface area contributed by atoms with E-state index < -0.39 is 0 Å². The quantitative estimate of drug-likeness (QED) is 0.670. The first-order valence-corrected chi connectivity index (χ1v) is 5.56. The molecule has 0 bridgehead atoms. The van der Waals surface area contributed by atoms with Crippen molar-refractivity contribution in [2.45, 2.75) is 46.0 Å². The van der Waals surface area contributed by atoms with Crippen LogP contribution in [0.15, 0.2) is 15.6 Å². The summed E-state index contributed by atoms with van der Waals surface area (Å²) in [5.41, 5.74) is 2.99. The SMILES string of the molecule is CCCC1=[C]CC(Br)=C1CCC. The second-order valence-corrected chi connectivity index (χ2v) is 4.17. The fourth-order valence-electron chi connectivity index (χ4n) is 1.59. The highest BCUT2D eigenvalue weighted by Gasteiger charge is 2.14. The van der Waals surface area contributed by atoms with Crippen molar-refractivity contribution in [1.82, 2.24) is 0 Å². The minimum absolute atomic E-state index is 1.00. The maximum Gasteiger partial charge on any atom is 0.00493 e. The molecule has 0 fully saturated rings. The van der Waals surface area contributed by atoms with E-state index in [-0.39, 0.29) is 0 Å². The average Bonchev–Trinajstić information content (AvgIpc) is 2.37. The molecule has 0 unspecified atom stereocenters. The maximum absolute atomic E-state index is 3.61. The summed E-state index contributed by atoms with van der Waals surface area (Å²) in [5, 5.41) is 0. The molecule has 0 aromatic carbocycles. The zero-order valence-electron chi connectivity index (χ0n) is 7.91. The summed E-state index contributed by atoms with van der Waals surface area (Å²) in [5.74, 6) is 0. The monoisotopic (exact) mass is 227 g/mol. The first-order chi connectivity index (χ1) is 5.79. The predicted molar refractivity (Wildman–Crippen MR) is 57.1 cm³/mol. The Morgan fingerprint density at radius 2 is 1.92 bits per heavy atom. The molecule has 0 atom stereocenters. The van der Waals surface area contributed by atoms with E-state index in [1.54, 1.807) is 0 Å². The van der Waals surface area contributed by atoms with E-state index in [1.807, 2.05) is 0 Å². The van der Waals surface area contributed by atoms with E-state index in [4.69, 9.17) is 0 Å². The summed E-state index contributed by atoms with van der Waals surface area (Å²) in [7, 11) is 0. The molecule has 1 radical (unpaired) electrons. The molecule has 0 aromatic heterocycles. The van der Waals surface area contributed by atoms with Gasteiger partial charge in [-0.25, -0.2) is 0 Å². The van der Waals surface area contributed by atoms with Gasteiger partial charge in [0.05, 0.1) is 0 Å². The fraction of sp³-hybridized carbons (Fsp3) is 0.636. The summed E-state index contributed by atoms with van der Waals surface area (Å²) in [6.07, 6.45) is 9.32. The molecule has 0 heterocycles. The smallest absolute Gasteiger partial charge is 0.00493 e. The highest BCUT2D eigenvalue weighted by Crippen LogP contribution is 2.34. The molecule has 0 aromatic rings. The van der Waals surface area contributed by atoms with Gasteiger partial charge in [-0.1, -0.05) is 42.6 Å². The second-order valence-electron chi connectivity index (χ2n) is 3.22. The summed E-state index contributed by atoms with van der Waals surface area (Å²) < 4.78 is 1.37. The highest BCUT2D eigenvalue weighted by molar-refractivity contribution is 9.11. The van der Waals surface area contributed by atoms with Gasteiger partial charge >= 0.3 is 0 Å². The normalized spacial score (nSPS) is 17.1. The van der Waals surface area contributed by atoms with E-state index in [9.17, 15) is 0 Å². The molecule has 1 aliphatic carbocycles. The molecule has 0 amide bonds. The number of allylic oxidation sites excluding steroid dienone is 4. The Morgan fingerprint density at radius 1 is 1.25 bits per heavy atom. The van der Waals surface area contributed by atoms with Crippen LogP contribution in [0.2, 0.25) is 0 Å². The molecule has 1 rings (SSSR count). The van der Waals surface area contributed by atoms with Crippen LogP contribution < -0.4 is 0 Å². The first kappa shape index (κ1) is 10.0. The second kappa shape index (κ2) is 4.86. The van der Waals surface area contributed by atoms with Crippen LogP contribution in [0.25, 0.3) is 0 Å². The third-order valence-corrected chi connectivity index (χ3v) is 2.91. The molecule has 67 valence electrons. The van der Waals surface area contributed by atoms with E-state index in [0.29, 0.717) is 0 Å². The van der Waals surface area contributed by atoms with Crippen molar-refractivity contribution < 1.29 is 0 Å². The lowest BCUT2D eigenvalue weighted by atomic mass is 10.0. The van der Waals surface area contributed by atoms with Crippen molar-refractivity contribution in [3.05, 3.63) is 21.7 Å². The largest absolute Gasteiger partial charge is 0.0651 e. The zero-order chi connectivity index (χ0) is 8.97. The van der Waals surface area contributed by atoms with Crippen molar-refractivity contribution >= 4 is 15.9 Å². The molecule has 0 spiro atoms. The maximum atomic E-state index is 3.61. The van der Waals surface area contributed by atoms with Crippen molar-refractivity contribution in [3.63, 3.8) is 0 Å². The van der Waals surface area contributed by atoms with Crippen molar-refractivity contribution in [3.8, 4) is 0 Å². The van der Waals surface area contributed by atoms with Crippen LogP contribution in [0.5, 0.6) is 0 Å². The molecule has 0 aliphatic heterocycles. The Balaban J connectivity index is 2.64. The van der Waals surface area contributed by atoms with Gasteiger partial charge in [-0.3, -0.25) is 0 Å². The highest BCUT2D eigenvalue weighted by atomic mass is 79.9. The zero-order valence-corrected chi connectivity index (χ0v) is 9.50. The minimum atomic E-state index is 1.00. The fourth-order valence-corrected chi connectivity index (χ4v) is 2.16. The van der Waals surface area contributed by atoms with Gasteiger partial charge in [0.25, 0.3) is 0 Å². The number of rotatable bonds is 4. The van der Waals surface area contributed by atoms with Crippen molar-refractivity contribution in [2.75, 3.05) is 0 Å². The molecule has 0 N–H and O–H groups in total. The Hall–Kier alpha value is -0.0400. The average molecular weight is 228 g/mol. The molecule has 0 saturated carbocycles. The predicted octanol–water partition coefficient (Wildman–Crippen LogP) is 4.37.